The second kappa shape index (κ2) is 7.36. The van der Waals surface area contributed by atoms with Crippen molar-refractivity contribution in [1.82, 2.24) is 5.32 Å². The summed E-state index contributed by atoms with van der Waals surface area (Å²) in [5, 5.41) is 4.08. The van der Waals surface area contributed by atoms with Gasteiger partial charge < -0.3 is 14.5 Å². The van der Waals surface area contributed by atoms with Crippen molar-refractivity contribution in [3.63, 3.8) is 0 Å². The Balaban J connectivity index is 1.79. The van der Waals surface area contributed by atoms with Gasteiger partial charge in [-0.2, -0.15) is 0 Å². The van der Waals surface area contributed by atoms with Gasteiger partial charge in [0.1, 0.15) is 18.1 Å². The van der Waals surface area contributed by atoms with Gasteiger partial charge in [-0.1, -0.05) is 25.4 Å². The van der Waals surface area contributed by atoms with Gasteiger partial charge in [0, 0.05) is 17.1 Å². The average Bonchev–Trinajstić information content (AvgIpc) is 2.86. The van der Waals surface area contributed by atoms with E-state index in [4.69, 9.17) is 20.8 Å². The molecule has 0 unspecified atom stereocenters. The zero-order valence-electron chi connectivity index (χ0n) is 11.9. The molecule has 0 aliphatic heterocycles. The lowest BCUT2D eigenvalue weighted by Gasteiger charge is -2.05. The number of hydrogen-bond donors (Lipinski definition) is 1. The Labute approximate surface area is 124 Å². The molecule has 0 fully saturated rings. The highest BCUT2D eigenvalue weighted by Crippen LogP contribution is 2.17. The summed E-state index contributed by atoms with van der Waals surface area (Å²) < 4.78 is 11.1. The highest BCUT2D eigenvalue weighted by atomic mass is 35.5. The van der Waals surface area contributed by atoms with Crippen LogP contribution in [0.15, 0.2) is 41.0 Å². The first kappa shape index (κ1) is 14.9. The summed E-state index contributed by atoms with van der Waals surface area (Å²) >= 11 is 5.82. The van der Waals surface area contributed by atoms with Gasteiger partial charge in [0.05, 0.1) is 6.26 Å². The van der Waals surface area contributed by atoms with E-state index < -0.39 is 0 Å². The van der Waals surface area contributed by atoms with Crippen molar-refractivity contribution in [2.45, 2.75) is 27.0 Å². The van der Waals surface area contributed by atoms with Crippen molar-refractivity contribution < 1.29 is 9.15 Å². The third kappa shape index (κ3) is 4.91. The SMILES string of the molecule is CC(C)CNCc1coc(COc2ccc(Cl)cc2)c1. The molecule has 0 saturated carbocycles. The summed E-state index contributed by atoms with van der Waals surface area (Å²) in [4.78, 5) is 0. The molecular weight excluding hydrogens is 274 g/mol. The standard InChI is InChI=1S/C16H20ClNO2/c1-12(2)8-18-9-13-7-16(19-10-13)11-20-15-5-3-14(17)4-6-15/h3-7,10,12,18H,8-9,11H2,1-2H3. The van der Waals surface area contributed by atoms with E-state index in [0.717, 1.165) is 30.2 Å². The second-order valence-corrected chi connectivity index (χ2v) is 5.63. The summed E-state index contributed by atoms with van der Waals surface area (Å²) in [7, 11) is 0. The molecule has 0 bridgehead atoms. The van der Waals surface area contributed by atoms with Crippen LogP contribution in [0.5, 0.6) is 5.75 Å². The maximum absolute atomic E-state index is 5.82. The molecule has 0 aliphatic carbocycles. The van der Waals surface area contributed by atoms with Gasteiger partial charge in [-0.05, 0) is 42.8 Å². The maximum Gasteiger partial charge on any atom is 0.146 e. The summed E-state index contributed by atoms with van der Waals surface area (Å²) in [5.74, 6) is 2.25. The lowest BCUT2D eigenvalue weighted by Crippen LogP contribution is -2.18. The molecule has 3 nitrogen and oxygen atoms in total. The van der Waals surface area contributed by atoms with Gasteiger partial charge in [-0.3, -0.25) is 0 Å². The molecule has 0 atom stereocenters. The molecule has 20 heavy (non-hydrogen) atoms. The summed E-state index contributed by atoms with van der Waals surface area (Å²) in [6.07, 6.45) is 1.77. The normalized spacial score (nSPS) is 11.0. The molecule has 0 amide bonds. The lowest BCUT2D eigenvalue weighted by molar-refractivity contribution is 0.270. The predicted molar refractivity (Wildman–Crippen MR) is 81.0 cm³/mol. The monoisotopic (exact) mass is 293 g/mol. The Morgan fingerprint density at radius 3 is 2.70 bits per heavy atom. The van der Waals surface area contributed by atoms with Crippen LogP contribution in [-0.4, -0.2) is 6.54 Å². The van der Waals surface area contributed by atoms with Crippen LogP contribution >= 0.6 is 11.6 Å². The van der Waals surface area contributed by atoms with E-state index in [0.29, 0.717) is 17.5 Å². The molecule has 2 rings (SSSR count). The van der Waals surface area contributed by atoms with Gasteiger partial charge in [-0.15, -0.1) is 0 Å². The fourth-order valence-corrected chi connectivity index (χ4v) is 1.91. The lowest BCUT2D eigenvalue weighted by atomic mass is 10.2. The number of ether oxygens (including phenoxy) is 1. The molecule has 1 aromatic heterocycles. The molecule has 1 N–H and O–H groups in total. The predicted octanol–water partition coefficient (Wildman–Crippen LogP) is 4.26. The third-order valence-corrected chi connectivity index (χ3v) is 3.04. The largest absolute Gasteiger partial charge is 0.486 e. The summed E-state index contributed by atoms with van der Waals surface area (Å²) in [5.41, 5.74) is 1.14. The molecule has 108 valence electrons. The zero-order valence-corrected chi connectivity index (χ0v) is 12.6. The van der Waals surface area contributed by atoms with Crippen LogP contribution in [-0.2, 0) is 13.2 Å². The van der Waals surface area contributed by atoms with Gasteiger partial charge in [-0.25, -0.2) is 0 Å². The van der Waals surface area contributed by atoms with Gasteiger partial charge in [0.15, 0.2) is 0 Å². The number of nitrogens with one attached hydrogen (secondary N) is 1. The topological polar surface area (TPSA) is 34.4 Å². The Bertz CT molecular complexity index is 520. The van der Waals surface area contributed by atoms with Crippen molar-refractivity contribution in [1.29, 1.82) is 0 Å². The Morgan fingerprint density at radius 1 is 1.25 bits per heavy atom. The van der Waals surface area contributed by atoms with E-state index in [9.17, 15) is 0 Å². The first-order chi connectivity index (χ1) is 9.63. The number of furan rings is 1. The quantitative estimate of drug-likeness (QED) is 0.828. The van der Waals surface area contributed by atoms with E-state index in [2.05, 4.69) is 19.2 Å². The molecule has 1 aromatic carbocycles. The summed E-state index contributed by atoms with van der Waals surface area (Å²) in [6.45, 7) is 6.62. The first-order valence-corrected chi connectivity index (χ1v) is 7.16. The Kier molecular flexibility index (Phi) is 5.50. The molecular formula is C16H20ClNO2. The van der Waals surface area contributed by atoms with E-state index in [1.54, 1.807) is 18.4 Å². The van der Waals surface area contributed by atoms with E-state index in [1.165, 1.54) is 0 Å². The number of halogens is 1. The van der Waals surface area contributed by atoms with Crippen LogP contribution in [0, 0.1) is 5.92 Å². The van der Waals surface area contributed by atoms with E-state index in [-0.39, 0.29) is 0 Å². The van der Waals surface area contributed by atoms with Crippen LogP contribution < -0.4 is 10.1 Å². The van der Waals surface area contributed by atoms with Gasteiger partial charge in [0.2, 0.25) is 0 Å². The number of rotatable bonds is 7. The van der Waals surface area contributed by atoms with Gasteiger partial charge >= 0.3 is 0 Å². The van der Waals surface area contributed by atoms with Crippen LogP contribution in [0.25, 0.3) is 0 Å². The maximum atomic E-state index is 5.82. The molecule has 1 heterocycles. The minimum Gasteiger partial charge on any atom is -0.486 e. The summed E-state index contributed by atoms with van der Waals surface area (Å²) in [6, 6.07) is 9.32. The smallest absolute Gasteiger partial charge is 0.146 e. The molecule has 0 spiro atoms. The van der Waals surface area contributed by atoms with Crippen molar-refractivity contribution in [2.24, 2.45) is 5.92 Å². The van der Waals surface area contributed by atoms with Crippen molar-refractivity contribution in [3.8, 4) is 5.75 Å². The molecule has 2 aromatic rings. The fraction of sp³-hybridized carbons (Fsp3) is 0.375. The van der Waals surface area contributed by atoms with E-state index in [1.807, 2.05) is 18.2 Å². The Hall–Kier alpha value is -1.45. The van der Waals surface area contributed by atoms with Crippen LogP contribution in [0.4, 0.5) is 0 Å². The number of benzene rings is 1. The van der Waals surface area contributed by atoms with Crippen molar-refractivity contribution in [3.05, 3.63) is 52.9 Å². The highest BCUT2D eigenvalue weighted by Gasteiger charge is 2.03. The van der Waals surface area contributed by atoms with Crippen LogP contribution in [0.1, 0.15) is 25.2 Å². The molecule has 0 radical (unpaired) electrons. The molecule has 0 aliphatic rings. The zero-order chi connectivity index (χ0) is 14.4. The fourth-order valence-electron chi connectivity index (χ4n) is 1.79. The minimum atomic E-state index is 0.422. The second-order valence-electron chi connectivity index (χ2n) is 5.19. The van der Waals surface area contributed by atoms with Crippen LogP contribution in [0.2, 0.25) is 5.02 Å². The molecule has 0 saturated heterocycles. The third-order valence-electron chi connectivity index (χ3n) is 2.78. The first-order valence-electron chi connectivity index (χ1n) is 6.79. The average molecular weight is 294 g/mol. The van der Waals surface area contributed by atoms with Crippen LogP contribution in [0.3, 0.4) is 0 Å². The van der Waals surface area contributed by atoms with Crippen molar-refractivity contribution in [2.75, 3.05) is 6.54 Å². The van der Waals surface area contributed by atoms with Crippen molar-refractivity contribution >= 4 is 11.6 Å². The molecule has 4 heteroatoms. The Morgan fingerprint density at radius 2 is 2.00 bits per heavy atom. The highest BCUT2D eigenvalue weighted by molar-refractivity contribution is 6.30. The van der Waals surface area contributed by atoms with Gasteiger partial charge in [0.25, 0.3) is 0 Å². The number of hydrogen-bond acceptors (Lipinski definition) is 3. The minimum absolute atomic E-state index is 0.422. The van der Waals surface area contributed by atoms with E-state index >= 15 is 0 Å².